The molecule has 108 valence electrons. The first-order valence-electron chi connectivity index (χ1n) is 7.66. The third-order valence-electron chi connectivity index (χ3n) is 3.38. The number of unbranched alkanes of at least 4 members (excludes halogenated alkanes) is 5. The Hall–Kier alpha value is -1.02. The SMILES string of the molecule is CCCCCCCCOc1cc(CC)cc(CO)c1. The predicted molar refractivity (Wildman–Crippen MR) is 80.6 cm³/mol. The normalized spacial score (nSPS) is 10.7. The average Bonchev–Trinajstić information content (AvgIpc) is 2.45. The Kier molecular flexibility index (Phi) is 8.31. The molecule has 0 fully saturated rings. The lowest BCUT2D eigenvalue weighted by Crippen LogP contribution is -1.99. The lowest BCUT2D eigenvalue weighted by Gasteiger charge is -2.09. The van der Waals surface area contributed by atoms with Gasteiger partial charge in [-0.2, -0.15) is 0 Å². The summed E-state index contributed by atoms with van der Waals surface area (Å²) in [5, 5.41) is 9.22. The number of hydrogen-bond acceptors (Lipinski definition) is 2. The molecule has 0 radical (unpaired) electrons. The number of rotatable bonds is 10. The molecular formula is C17H28O2. The van der Waals surface area contributed by atoms with E-state index in [9.17, 15) is 5.11 Å². The Morgan fingerprint density at radius 3 is 2.26 bits per heavy atom. The molecule has 1 N–H and O–H groups in total. The predicted octanol–water partition coefficient (Wildman–Crippen LogP) is 4.48. The molecule has 0 aromatic heterocycles. The first-order chi connectivity index (χ1) is 9.30. The summed E-state index contributed by atoms with van der Waals surface area (Å²) in [7, 11) is 0. The number of hydrogen-bond donors (Lipinski definition) is 1. The summed E-state index contributed by atoms with van der Waals surface area (Å²) in [6.45, 7) is 5.22. The van der Waals surface area contributed by atoms with Crippen molar-refractivity contribution in [3.05, 3.63) is 29.3 Å². The zero-order valence-corrected chi connectivity index (χ0v) is 12.5. The number of aliphatic hydroxyl groups is 1. The average molecular weight is 264 g/mol. The maximum Gasteiger partial charge on any atom is 0.119 e. The van der Waals surface area contributed by atoms with Crippen molar-refractivity contribution in [3.8, 4) is 5.75 Å². The van der Waals surface area contributed by atoms with Crippen LogP contribution in [0.4, 0.5) is 0 Å². The van der Waals surface area contributed by atoms with Crippen molar-refractivity contribution in [2.24, 2.45) is 0 Å². The van der Waals surface area contributed by atoms with Gasteiger partial charge in [0, 0.05) is 0 Å². The van der Waals surface area contributed by atoms with Crippen LogP contribution >= 0.6 is 0 Å². The molecule has 1 aromatic rings. The largest absolute Gasteiger partial charge is 0.494 e. The van der Waals surface area contributed by atoms with E-state index in [2.05, 4.69) is 19.9 Å². The minimum atomic E-state index is 0.0845. The van der Waals surface area contributed by atoms with Crippen LogP contribution in [-0.4, -0.2) is 11.7 Å². The molecule has 1 rings (SSSR count). The van der Waals surface area contributed by atoms with Crippen LogP contribution in [0.1, 0.15) is 63.5 Å². The van der Waals surface area contributed by atoms with Gasteiger partial charge in [-0.1, -0.05) is 52.0 Å². The standard InChI is InChI=1S/C17H28O2/c1-3-5-6-7-8-9-10-19-17-12-15(4-2)11-16(13-17)14-18/h11-13,18H,3-10,14H2,1-2H3. The molecule has 0 atom stereocenters. The van der Waals surface area contributed by atoms with Gasteiger partial charge in [-0.15, -0.1) is 0 Å². The highest BCUT2D eigenvalue weighted by Gasteiger charge is 2.00. The number of benzene rings is 1. The molecule has 0 spiro atoms. The molecule has 0 heterocycles. The summed E-state index contributed by atoms with van der Waals surface area (Å²) >= 11 is 0. The van der Waals surface area contributed by atoms with Crippen LogP contribution in [0.5, 0.6) is 5.75 Å². The second kappa shape index (κ2) is 9.85. The molecule has 0 unspecified atom stereocenters. The van der Waals surface area contributed by atoms with Crippen LogP contribution in [0.3, 0.4) is 0 Å². The monoisotopic (exact) mass is 264 g/mol. The lowest BCUT2D eigenvalue weighted by molar-refractivity contribution is 0.278. The fraction of sp³-hybridized carbons (Fsp3) is 0.647. The molecule has 19 heavy (non-hydrogen) atoms. The van der Waals surface area contributed by atoms with Gasteiger partial charge in [0.05, 0.1) is 13.2 Å². The molecular weight excluding hydrogens is 236 g/mol. The molecule has 0 aliphatic heterocycles. The summed E-state index contributed by atoms with van der Waals surface area (Å²) < 4.78 is 5.79. The number of aliphatic hydroxyl groups excluding tert-OH is 1. The van der Waals surface area contributed by atoms with Crippen LogP contribution in [0, 0.1) is 0 Å². The Morgan fingerprint density at radius 2 is 1.58 bits per heavy atom. The zero-order valence-electron chi connectivity index (χ0n) is 12.5. The second-order valence-corrected chi connectivity index (χ2v) is 5.11. The van der Waals surface area contributed by atoms with Gasteiger partial charge in [-0.25, -0.2) is 0 Å². The molecule has 2 heteroatoms. The van der Waals surface area contributed by atoms with Crippen molar-refractivity contribution in [2.75, 3.05) is 6.61 Å². The van der Waals surface area contributed by atoms with Crippen LogP contribution in [0.25, 0.3) is 0 Å². The first-order valence-corrected chi connectivity index (χ1v) is 7.66. The van der Waals surface area contributed by atoms with Crippen molar-refractivity contribution in [1.82, 2.24) is 0 Å². The molecule has 0 aliphatic carbocycles. The second-order valence-electron chi connectivity index (χ2n) is 5.11. The third kappa shape index (κ3) is 6.63. The van der Waals surface area contributed by atoms with Crippen LogP contribution < -0.4 is 4.74 Å². The summed E-state index contributed by atoms with van der Waals surface area (Å²) in [6, 6.07) is 6.06. The van der Waals surface area contributed by atoms with Crippen LogP contribution in [-0.2, 0) is 13.0 Å². The first kappa shape index (κ1) is 16.0. The zero-order chi connectivity index (χ0) is 13.9. The summed E-state index contributed by atoms with van der Waals surface area (Å²) in [5.41, 5.74) is 2.17. The molecule has 0 saturated carbocycles. The topological polar surface area (TPSA) is 29.5 Å². The molecule has 0 bridgehead atoms. The van der Waals surface area contributed by atoms with Gasteiger partial charge in [0.25, 0.3) is 0 Å². The van der Waals surface area contributed by atoms with Crippen molar-refractivity contribution >= 4 is 0 Å². The van der Waals surface area contributed by atoms with Gasteiger partial charge in [-0.05, 0) is 36.1 Å². The van der Waals surface area contributed by atoms with Gasteiger partial charge in [0.15, 0.2) is 0 Å². The highest BCUT2D eigenvalue weighted by molar-refractivity contribution is 5.34. The third-order valence-corrected chi connectivity index (χ3v) is 3.38. The van der Waals surface area contributed by atoms with Crippen molar-refractivity contribution in [2.45, 2.75) is 65.4 Å². The maximum absolute atomic E-state index is 9.22. The molecule has 0 amide bonds. The highest BCUT2D eigenvalue weighted by Crippen LogP contribution is 2.18. The molecule has 0 aliphatic rings. The fourth-order valence-electron chi connectivity index (χ4n) is 2.18. The Morgan fingerprint density at radius 1 is 0.895 bits per heavy atom. The van der Waals surface area contributed by atoms with E-state index in [4.69, 9.17) is 4.74 Å². The van der Waals surface area contributed by atoms with E-state index >= 15 is 0 Å². The summed E-state index contributed by atoms with van der Waals surface area (Å²) in [5.74, 6) is 0.900. The lowest BCUT2D eigenvalue weighted by atomic mass is 10.1. The van der Waals surface area contributed by atoms with Gasteiger partial charge in [-0.3, -0.25) is 0 Å². The van der Waals surface area contributed by atoms with Crippen LogP contribution in [0.2, 0.25) is 0 Å². The van der Waals surface area contributed by atoms with Crippen LogP contribution in [0.15, 0.2) is 18.2 Å². The van der Waals surface area contributed by atoms with E-state index in [1.165, 1.54) is 37.7 Å². The Balaban J connectivity index is 2.28. The van der Waals surface area contributed by atoms with E-state index < -0.39 is 0 Å². The molecule has 0 saturated heterocycles. The minimum absolute atomic E-state index is 0.0845. The Bertz CT molecular complexity index is 325. The van der Waals surface area contributed by atoms with E-state index in [1.54, 1.807) is 0 Å². The minimum Gasteiger partial charge on any atom is -0.494 e. The fourth-order valence-corrected chi connectivity index (χ4v) is 2.18. The van der Waals surface area contributed by atoms with Gasteiger partial charge < -0.3 is 9.84 Å². The van der Waals surface area contributed by atoms with E-state index in [0.717, 1.165) is 30.8 Å². The van der Waals surface area contributed by atoms with Gasteiger partial charge >= 0.3 is 0 Å². The van der Waals surface area contributed by atoms with Crippen molar-refractivity contribution in [3.63, 3.8) is 0 Å². The Labute approximate surface area is 117 Å². The number of ether oxygens (including phenoxy) is 1. The maximum atomic E-state index is 9.22. The summed E-state index contributed by atoms with van der Waals surface area (Å²) in [6.07, 6.45) is 8.64. The van der Waals surface area contributed by atoms with E-state index in [1.807, 2.05) is 12.1 Å². The molecule has 2 nitrogen and oxygen atoms in total. The number of aryl methyl sites for hydroxylation is 1. The highest BCUT2D eigenvalue weighted by atomic mass is 16.5. The molecule has 1 aromatic carbocycles. The smallest absolute Gasteiger partial charge is 0.119 e. The quantitative estimate of drug-likeness (QED) is 0.631. The van der Waals surface area contributed by atoms with Crippen molar-refractivity contribution < 1.29 is 9.84 Å². The van der Waals surface area contributed by atoms with E-state index in [-0.39, 0.29) is 6.61 Å². The van der Waals surface area contributed by atoms with E-state index in [0.29, 0.717) is 0 Å². The van der Waals surface area contributed by atoms with Gasteiger partial charge in [0.2, 0.25) is 0 Å². The van der Waals surface area contributed by atoms with Crippen molar-refractivity contribution in [1.29, 1.82) is 0 Å². The summed E-state index contributed by atoms with van der Waals surface area (Å²) in [4.78, 5) is 0. The van der Waals surface area contributed by atoms with Gasteiger partial charge in [0.1, 0.15) is 5.75 Å².